The molecular formula is C18H23N5. The fourth-order valence-corrected chi connectivity index (χ4v) is 2.63. The number of anilines is 1. The summed E-state index contributed by atoms with van der Waals surface area (Å²) < 4.78 is 1.89. The van der Waals surface area contributed by atoms with E-state index in [-0.39, 0.29) is 0 Å². The van der Waals surface area contributed by atoms with Gasteiger partial charge >= 0.3 is 0 Å². The summed E-state index contributed by atoms with van der Waals surface area (Å²) in [5.74, 6) is 0.980. The highest BCUT2D eigenvalue weighted by molar-refractivity contribution is 5.78. The Labute approximate surface area is 137 Å². The molecule has 0 bridgehead atoms. The molecule has 2 aromatic heterocycles. The molecule has 3 aromatic rings. The maximum absolute atomic E-state index is 4.70. The molecule has 23 heavy (non-hydrogen) atoms. The fourth-order valence-electron chi connectivity index (χ4n) is 2.63. The number of likely N-dealkylation sites (N-methyl/N-ethyl adjacent to an activating group) is 1. The number of rotatable bonds is 5. The predicted molar refractivity (Wildman–Crippen MR) is 94.9 cm³/mol. The van der Waals surface area contributed by atoms with Crippen LogP contribution in [0.15, 0.2) is 36.5 Å². The van der Waals surface area contributed by atoms with Crippen LogP contribution >= 0.6 is 0 Å². The number of hydrogen-bond donors (Lipinski definition) is 1. The summed E-state index contributed by atoms with van der Waals surface area (Å²) >= 11 is 0. The van der Waals surface area contributed by atoms with E-state index < -0.39 is 0 Å². The van der Waals surface area contributed by atoms with Crippen molar-refractivity contribution in [1.29, 1.82) is 0 Å². The van der Waals surface area contributed by atoms with Crippen molar-refractivity contribution in [2.45, 2.75) is 13.8 Å². The summed E-state index contributed by atoms with van der Waals surface area (Å²) in [4.78, 5) is 6.85. The van der Waals surface area contributed by atoms with E-state index >= 15 is 0 Å². The fraction of sp³-hybridized carbons (Fsp3) is 0.333. The molecule has 0 unspecified atom stereocenters. The second-order valence-electron chi connectivity index (χ2n) is 6.18. The molecule has 0 amide bonds. The van der Waals surface area contributed by atoms with Gasteiger partial charge in [0.25, 0.3) is 0 Å². The van der Waals surface area contributed by atoms with Crippen molar-refractivity contribution in [2.24, 2.45) is 0 Å². The summed E-state index contributed by atoms with van der Waals surface area (Å²) in [6.07, 6.45) is 1.90. The first-order chi connectivity index (χ1) is 11.0. The monoisotopic (exact) mass is 309 g/mol. The molecule has 0 spiro atoms. The van der Waals surface area contributed by atoms with Crippen LogP contribution in [0.4, 0.5) is 5.82 Å². The lowest BCUT2D eigenvalue weighted by Crippen LogP contribution is -2.21. The Morgan fingerprint density at radius 1 is 1.17 bits per heavy atom. The highest BCUT2D eigenvalue weighted by atomic mass is 15.3. The smallest absolute Gasteiger partial charge is 0.165 e. The third kappa shape index (κ3) is 3.35. The molecule has 120 valence electrons. The van der Waals surface area contributed by atoms with Gasteiger partial charge in [0.2, 0.25) is 0 Å². The molecule has 0 saturated carbocycles. The molecule has 0 aliphatic heterocycles. The van der Waals surface area contributed by atoms with Gasteiger partial charge in [-0.15, -0.1) is 0 Å². The lowest BCUT2D eigenvalue weighted by atomic mass is 10.1. The topological polar surface area (TPSA) is 45.5 Å². The van der Waals surface area contributed by atoms with Crippen molar-refractivity contribution in [2.75, 3.05) is 32.5 Å². The van der Waals surface area contributed by atoms with Crippen LogP contribution in [-0.4, -0.2) is 46.7 Å². The zero-order valence-electron chi connectivity index (χ0n) is 14.2. The Balaban J connectivity index is 2.01. The molecule has 3 rings (SSSR count). The van der Waals surface area contributed by atoms with E-state index in [0.29, 0.717) is 0 Å². The van der Waals surface area contributed by atoms with Crippen LogP contribution in [0.25, 0.3) is 16.8 Å². The summed E-state index contributed by atoms with van der Waals surface area (Å²) in [7, 11) is 4.14. The summed E-state index contributed by atoms with van der Waals surface area (Å²) in [5.41, 5.74) is 5.33. The number of nitrogens with zero attached hydrogens (tertiary/aromatic N) is 4. The number of aromatic nitrogens is 3. The van der Waals surface area contributed by atoms with E-state index in [0.717, 1.165) is 41.4 Å². The molecule has 0 fully saturated rings. The van der Waals surface area contributed by atoms with Crippen molar-refractivity contribution in [1.82, 2.24) is 19.5 Å². The van der Waals surface area contributed by atoms with E-state index in [2.05, 4.69) is 60.6 Å². The molecule has 2 heterocycles. The molecule has 5 heteroatoms. The summed E-state index contributed by atoms with van der Waals surface area (Å²) in [5, 5.41) is 8.00. The number of nitrogens with one attached hydrogen (secondary N) is 1. The zero-order chi connectivity index (χ0) is 16.4. The molecular weight excluding hydrogens is 286 g/mol. The van der Waals surface area contributed by atoms with E-state index in [9.17, 15) is 0 Å². The highest BCUT2D eigenvalue weighted by Gasteiger charge is 2.12. The van der Waals surface area contributed by atoms with Gasteiger partial charge in [0, 0.05) is 30.4 Å². The van der Waals surface area contributed by atoms with Crippen molar-refractivity contribution >= 4 is 11.5 Å². The first-order valence-corrected chi connectivity index (χ1v) is 7.85. The van der Waals surface area contributed by atoms with Crippen molar-refractivity contribution in [3.8, 4) is 11.1 Å². The lowest BCUT2D eigenvalue weighted by Gasteiger charge is -2.13. The van der Waals surface area contributed by atoms with Crippen LogP contribution in [0.2, 0.25) is 0 Å². The molecule has 0 radical (unpaired) electrons. The molecule has 0 saturated heterocycles. The largest absolute Gasteiger partial charge is 0.369 e. The van der Waals surface area contributed by atoms with Gasteiger partial charge < -0.3 is 10.2 Å². The van der Waals surface area contributed by atoms with Crippen LogP contribution in [-0.2, 0) is 0 Å². The first kappa shape index (κ1) is 15.5. The van der Waals surface area contributed by atoms with Gasteiger partial charge in [-0.2, -0.15) is 9.61 Å². The van der Waals surface area contributed by atoms with E-state index in [4.69, 9.17) is 4.98 Å². The van der Waals surface area contributed by atoms with E-state index in [1.165, 1.54) is 5.56 Å². The van der Waals surface area contributed by atoms with Crippen LogP contribution in [0.3, 0.4) is 0 Å². The molecule has 5 nitrogen and oxygen atoms in total. The average molecular weight is 309 g/mol. The molecule has 1 N–H and O–H groups in total. The Hall–Kier alpha value is -2.40. The van der Waals surface area contributed by atoms with Crippen LogP contribution in [0, 0.1) is 13.8 Å². The third-order valence-electron chi connectivity index (χ3n) is 3.79. The summed E-state index contributed by atoms with van der Waals surface area (Å²) in [6, 6.07) is 10.5. The van der Waals surface area contributed by atoms with E-state index in [1.807, 2.05) is 23.7 Å². The Bertz CT molecular complexity index is 819. The molecule has 0 atom stereocenters. The Kier molecular flexibility index (Phi) is 4.30. The van der Waals surface area contributed by atoms with Gasteiger partial charge in [0.15, 0.2) is 5.65 Å². The van der Waals surface area contributed by atoms with E-state index in [1.54, 1.807) is 0 Å². The SMILES string of the molecule is Cc1cccc(-c2cnn3c(NCCN(C)C)cc(C)nc23)c1. The quantitative estimate of drug-likeness (QED) is 0.787. The maximum Gasteiger partial charge on any atom is 0.165 e. The molecule has 0 aliphatic rings. The number of hydrogen-bond acceptors (Lipinski definition) is 4. The predicted octanol–water partition coefficient (Wildman–Crippen LogP) is 2.99. The van der Waals surface area contributed by atoms with Crippen LogP contribution < -0.4 is 5.32 Å². The van der Waals surface area contributed by atoms with Gasteiger partial charge in [-0.25, -0.2) is 4.98 Å². The first-order valence-electron chi connectivity index (χ1n) is 7.85. The van der Waals surface area contributed by atoms with Gasteiger partial charge in [-0.05, 0) is 33.5 Å². The molecule has 0 aliphatic carbocycles. The summed E-state index contributed by atoms with van der Waals surface area (Å²) in [6.45, 7) is 5.95. The minimum atomic E-state index is 0.866. The average Bonchev–Trinajstić information content (AvgIpc) is 2.90. The normalized spacial score (nSPS) is 11.3. The minimum absolute atomic E-state index is 0.866. The number of benzene rings is 1. The number of fused-ring (bicyclic) bond motifs is 1. The second kappa shape index (κ2) is 6.38. The zero-order valence-corrected chi connectivity index (χ0v) is 14.2. The Morgan fingerprint density at radius 2 is 2.00 bits per heavy atom. The Morgan fingerprint density at radius 3 is 2.74 bits per heavy atom. The number of aryl methyl sites for hydroxylation is 2. The van der Waals surface area contributed by atoms with Crippen LogP contribution in [0.1, 0.15) is 11.3 Å². The highest BCUT2D eigenvalue weighted by Crippen LogP contribution is 2.26. The standard InChI is InChI=1S/C18H23N5/c1-13-6-5-7-15(10-13)16-12-20-23-17(19-8-9-22(3)4)11-14(2)21-18(16)23/h5-7,10-12,19H,8-9H2,1-4H3. The maximum atomic E-state index is 4.70. The van der Waals surface area contributed by atoms with Gasteiger partial charge in [-0.1, -0.05) is 29.8 Å². The van der Waals surface area contributed by atoms with Crippen molar-refractivity contribution in [3.63, 3.8) is 0 Å². The third-order valence-corrected chi connectivity index (χ3v) is 3.79. The minimum Gasteiger partial charge on any atom is -0.369 e. The van der Waals surface area contributed by atoms with Crippen molar-refractivity contribution < 1.29 is 0 Å². The van der Waals surface area contributed by atoms with Gasteiger partial charge in [0.1, 0.15) is 5.82 Å². The van der Waals surface area contributed by atoms with Gasteiger partial charge in [0.05, 0.1) is 6.20 Å². The lowest BCUT2D eigenvalue weighted by molar-refractivity contribution is 0.425. The van der Waals surface area contributed by atoms with Gasteiger partial charge in [-0.3, -0.25) is 0 Å². The second-order valence-corrected chi connectivity index (χ2v) is 6.18. The molecule has 1 aromatic carbocycles. The van der Waals surface area contributed by atoms with Crippen molar-refractivity contribution in [3.05, 3.63) is 47.8 Å². The van der Waals surface area contributed by atoms with Crippen LogP contribution in [0.5, 0.6) is 0 Å².